The number of non-ortho nitro benzene ring substituents is 3. The average molecular weight is 1880 g/mol. The van der Waals surface area contributed by atoms with Crippen LogP contribution in [0.5, 0.6) is 23.0 Å². The molecule has 8 atom stereocenters. The third-order valence-electron chi connectivity index (χ3n) is 14.1. The van der Waals surface area contributed by atoms with Crippen LogP contribution < -0.4 is 224 Å². The van der Waals surface area contributed by atoms with E-state index in [9.17, 15) is 128 Å². The van der Waals surface area contributed by atoms with E-state index in [4.69, 9.17) is 36.1 Å². The SMILES string of the molecule is CC(=O)Nc1ccc(OC(c2ccc([N+](=O)[O-])cc2)C(COS(=O)(=O)[O-])OS(=O)(=O)[O-])cc1.CC(=O)Nc1ccc(OC(c2ccc([N+](=O)[O-])cc2)C(O)CO)cc1.Nc1ccc(OC(c2ccc(N)cc2)C(COS(=O)(=O)[O-])OS(=O)(=O)[O-])cc1.Nc1ccc(OC(c2ccc([N+](=O)[O-])cc2)C(COS(=O)(=O)[O-])OS(=O)(=O)[O-])cc1.[Na+].[Na+].[Na+].[Na+].[Na+].[Na+]. The first-order valence-electron chi connectivity index (χ1n) is 31.6. The number of rotatable bonds is 37. The maximum Gasteiger partial charge on any atom is 1.00 e. The van der Waals surface area contributed by atoms with Crippen LogP contribution >= 0.6 is 0 Å². The quantitative estimate of drug-likeness (QED) is 0.00475. The maximum atomic E-state index is 11.2. The Hall–Kier alpha value is -5.36. The largest absolute Gasteiger partial charge is 1.00 e. The number of aliphatic hydroxyl groups is 2. The van der Waals surface area contributed by atoms with Gasteiger partial charge in [-0.15, -0.1) is 0 Å². The summed E-state index contributed by atoms with van der Waals surface area (Å²) in [6, 6.07) is 43.7. The number of nitro groups is 3. The number of benzene rings is 8. The van der Waals surface area contributed by atoms with E-state index in [1.807, 2.05) is 0 Å². The molecule has 122 heavy (non-hydrogen) atoms. The van der Waals surface area contributed by atoms with E-state index in [1.54, 1.807) is 24.3 Å². The van der Waals surface area contributed by atoms with Gasteiger partial charge >= 0.3 is 177 Å². The molecule has 0 saturated carbocycles. The Labute approximate surface area is 829 Å². The Morgan fingerprint density at radius 2 is 0.541 bits per heavy atom. The van der Waals surface area contributed by atoms with Crippen molar-refractivity contribution >= 4 is 120 Å². The number of aliphatic hydroxyl groups excluding tert-OH is 2. The van der Waals surface area contributed by atoms with Crippen molar-refractivity contribution in [3.8, 4) is 23.0 Å². The minimum Gasteiger partial charge on any atom is -0.726 e. The van der Waals surface area contributed by atoms with Gasteiger partial charge in [0, 0.05) is 78.7 Å². The van der Waals surface area contributed by atoms with Crippen LogP contribution in [0.15, 0.2) is 194 Å². The molecule has 0 spiro atoms. The van der Waals surface area contributed by atoms with E-state index < -0.39 is 152 Å². The number of nitro benzene ring substituents is 3. The summed E-state index contributed by atoms with van der Waals surface area (Å²) < 4.78 is 245. The standard InChI is InChI=1S/C17H18N2O12S2.C17H18N2O6.C15H16N2O11S2.C15H18N2O9S2.6Na/c1-11(20)18-13-4-8-15(9-5-13)30-17(12-2-6-14(7-3-12)19(21)22)16(31-33(26,27)28)10-29-32(23,24)25;1-11(21)18-13-4-8-15(9-5-13)25-17(16(22)10-20)12-2-6-14(7-3-12)19(23)24;16-11-3-7-13(8-4-11)27-15(10-1-5-12(6-2-10)17(18)19)14(28-30(23,24)25)9-26-29(20,21)22;16-11-3-1-10(2-4-11)15(25-13-7-5-12(17)6-8-13)14(26-28(21,22)23)9-24-27(18,19)20;;;;;;/h2-9,16-17H,10H2,1H3,(H,18,20)(H,23,24,25)(H,26,27,28);2-9,16-17,20,22H,10H2,1H3,(H,18,21);1-8,14-15H,9,16H2,(H,20,21,22)(H,23,24,25);1-8,14-15H,9,16-17H2,(H,18,19,20)(H,21,22,23);;;;;;/q;;;;6*+1/p-6. The van der Waals surface area contributed by atoms with Gasteiger partial charge in [-0.2, -0.15) is 0 Å². The predicted molar refractivity (Wildman–Crippen MR) is 391 cm³/mol. The van der Waals surface area contributed by atoms with Gasteiger partial charge < -0.3 is 84.3 Å². The average Bonchev–Trinajstić information content (AvgIpc) is 0.826. The first-order chi connectivity index (χ1) is 53.9. The summed E-state index contributed by atoms with van der Waals surface area (Å²) in [5.74, 6) is 0.178. The molecule has 8 rings (SSSR count). The zero-order chi connectivity index (χ0) is 86.7. The molecule has 58 heteroatoms. The number of hydrogen-bond acceptors (Lipinski definition) is 41. The van der Waals surface area contributed by atoms with Crippen LogP contribution in [0.3, 0.4) is 0 Å². The fourth-order valence-electron chi connectivity index (χ4n) is 9.30. The van der Waals surface area contributed by atoms with Crippen LogP contribution in [-0.2, 0) is 97.1 Å². The summed E-state index contributed by atoms with van der Waals surface area (Å²) >= 11 is 0. The van der Waals surface area contributed by atoms with Crippen molar-refractivity contribution in [1.82, 2.24) is 0 Å². The van der Waals surface area contributed by atoms with Crippen LogP contribution in [0, 0.1) is 30.3 Å². The Morgan fingerprint density at radius 1 is 0.344 bits per heavy atom. The molecule has 0 heterocycles. The van der Waals surface area contributed by atoms with E-state index >= 15 is 0 Å². The van der Waals surface area contributed by atoms with Gasteiger partial charge in [0.05, 0.1) is 41.2 Å². The number of carbonyl (C=O) groups is 2. The van der Waals surface area contributed by atoms with Crippen LogP contribution in [-0.4, -0.2) is 165 Å². The molecule has 630 valence electrons. The summed E-state index contributed by atoms with van der Waals surface area (Å²) in [6.45, 7) is -1.36. The van der Waals surface area contributed by atoms with Crippen molar-refractivity contribution in [3.63, 3.8) is 0 Å². The molecule has 0 aromatic heterocycles. The van der Waals surface area contributed by atoms with Crippen molar-refractivity contribution in [2.45, 2.75) is 62.7 Å². The van der Waals surface area contributed by atoms with Crippen molar-refractivity contribution in [2.24, 2.45) is 0 Å². The number of nitrogens with two attached hydrogens (primary N) is 3. The van der Waals surface area contributed by atoms with Gasteiger partial charge in [-0.25, -0.2) is 50.5 Å². The number of hydrogen-bond donors (Lipinski definition) is 7. The molecule has 46 nitrogen and oxygen atoms in total. The van der Waals surface area contributed by atoms with Crippen molar-refractivity contribution in [2.75, 3.05) is 54.3 Å². The molecule has 0 aliphatic carbocycles. The van der Waals surface area contributed by atoms with Crippen LogP contribution in [0.25, 0.3) is 0 Å². The molecule has 10 N–H and O–H groups in total. The monoisotopic (exact) mass is 1880 g/mol. The van der Waals surface area contributed by atoms with Crippen LogP contribution in [0.1, 0.15) is 60.5 Å². The number of amides is 2. The number of anilines is 5. The zero-order valence-corrected chi connectivity index (χ0v) is 81.9. The number of carbonyl (C=O) groups excluding carboxylic acids is 2. The number of ether oxygens (including phenoxy) is 4. The van der Waals surface area contributed by atoms with Crippen molar-refractivity contribution < 1.29 is 334 Å². The Balaban J connectivity index is 0. The third kappa shape index (κ3) is 46.9. The number of nitrogens with one attached hydrogen (secondary N) is 2. The van der Waals surface area contributed by atoms with E-state index in [-0.39, 0.29) is 240 Å². The van der Waals surface area contributed by atoms with Gasteiger partial charge in [0.25, 0.3) is 17.1 Å². The first-order valence-corrected chi connectivity index (χ1v) is 39.6. The second-order valence-electron chi connectivity index (χ2n) is 22.9. The normalized spacial score (nSPS) is 13.1. The Kier molecular flexibility index (Phi) is 53.9. The molecule has 0 saturated heterocycles. The Morgan fingerprint density at radius 3 is 0.738 bits per heavy atom. The molecule has 2 amide bonds. The third-order valence-corrected chi connectivity index (χ3v) is 16.9. The van der Waals surface area contributed by atoms with E-state index in [1.165, 1.54) is 147 Å². The molecule has 0 radical (unpaired) electrons. The minimum atomic E-state index is -5.44. The predicted octanol–water partition coefficient (Wildman–Crippen LogP) is -14.0. The van der Waals surface area contributed by atoms with Crippen LogP contribution in [0.2, 0.25) is 0 Å². The molecule has 8 unspecified atom stereocenters. The van der Waals surface area contributed by atoms with Gasteiger partial charge in [0.2, 0.25) is 74.2 Å². The second-order valence-corrected chi connectivity index (χ2v) is 29.1. The van der Waals surface area contributed by atoms with Gasteiger partial charge in [-0.05, 0) is 168 Å². The fraction of sp³-hybridized carbons (Fsp3) is 0.219. The van der Waals surface area contributed by atoms with E-state index in [0.717, 1.165) is 36.4 Å². The van der Waals surface area contributed by atoms with E-state index in [2.05, 4.69) is 35.7 Å². The molecular weight excluding hydrogens is 1820 g/mol. The molecule has 8 aromatic carbocycles. The molecule has 8 aromatic rings. The fourth-order valence-corrected chi connectivity index (χ4v) is 11.6. The zero-order valence-electron chi connectivity index (χ0n) is 65.0. The first kappa shape index (κ1) is 119. The van der Waals surface area contributed by atoms with Gasteiger partial charge in [0.15, 0.2) is 24.4 Å². The van der Waals surface area contributed by atoms with Gasteiger partial charge in [0.1, 0.15) is 47.4 Å². The molecule has 0 fully saturated rings. The molecule has 0 aliphatic heterocycles. The summed E-state index contributed by atoms with van der Waals surface area (Å²) in [4.78, 5) is 52.7. The van der Waals surface area contributed by atoms with Crippen LogP contribution in [0.4, 0.5) is 45.5 Å². The second kappa shape index (κ2) is 55.4. The maximum absolute atomic E-state index is 11.2. The molecular formula is C64H64N8Na6O38S6. The number of nitrogen functional groups attached to an aromatic ring is 3. The van der Waals surface area contributed by atoms with Gasteiger partial charge in [-0.3, -0.25) is 65.0 Å². The topological polar surface area (TPSA) is 742 Å². The minimum absolute atomic E-state index is 0. The Bertz CT molecular complexity index is 5360. The summed E-state index contributed by atoms with van der Waals surface area (Å²) in [5.41, 5.74) is 19.0. The smallest absolute Gasteiger partial charge is 0.726 e. The number of nitrogens with zero attached hydrogens (tertiary/aromatic N) is 3. The summed E-state index contributed by atoms with van der Waals surface area (Å²) in [5, 5.41) is 56.8. The summed E-state index contributed by atoms with van der Waals surface area (Å²) in [6.07, 6.45) is -12.3. The van der Waals surface area contributed by atoms with Gasteiger partial charge in [-0.1, -0.05) is 12.1 Å². The molecule has 0 bridgehead atoms. The molecule has 0 aliphatic rings. The summed E-state index contributed by atoms with van der Waals surface area (Å²) in [7, 11) is -31.9. The van der Waals surface area contributed by atoms with Crippen molar-refractivity contribution in [1.29, 1.82) is 0 Å². The van der Waals surface area contributed by atoms with Crippen molar-refractivity contribution in [3.05, 3.63) is 247 Å². The van der Waals surface area contributed by atoms with E-state index in [0.29, 0.717) is 39.7 Å².